The van der Waals surface area contributed by atoms with Gasteiger partial charge in [-0.05, 0) is 54.2 Å². The maximum atomic E-state index is 12.0. The summed E-state index contributed by atoms with van der Waals surface area (Å²) in [6.07, 6.45) is 3.64. The second-order valence-corrected chi connectivity index (χ2v) is 5.73. The van der Waals surface area contributed by atoms with Crippen molar-refractivity contribution >= 4 is 29.0 Å². The van der Waals surface area contributed by atoms with Crippen molar-refractivity contribution in [2.75, 3.05) is 14.2 Å². The molecule has 0 saturated carbocycles. The van der Waals surface area contributed by atoms with Gasteiger partial charge in [-0.15, -0.1) is 0 Å². The van der Waals surface area contributed by atoms with E-state index >= 15 is 0 Å². The number of methoxy groups -OCH3 is 1. The number of carbonyl (C=O) groups excluding carboxylic acids is 2. The Balaban J connectivity index is 1.95. The number of aromatic nitrogens is 1. The molecule has 0 aliphatic carbocycles. The van der Waals surface area contributed by atoms with Crippen molar-refractivity contribution in [3.8, 4) is 11.4 Å². The first kappa shape index (κ1) is 14.5. The molecule has 0 atom stereocenters. The van der Waals surface area contributed by atoms with Crippen molar-refractivity contribution in [1.82, 2.24) is 9.47 Å². The summed E-state index contributed by atoms with van der Waals surface area (Å²) in [4.78, 5) is 25.1. The lowest BCUT2D eigenvalue weighted by Crippen LogP contribution is -2.22. The smallest absolute Gasteiger partial charge is 0.293 e. The van der Waals surface area contributed by atoms with Crippen molar-refractivity contribution in [1.29, 1.82) is 0 Å². The third kappa shape index (κ3) is 2.53. The highest BCUT2D eigenvalue weighted by atomic mass is 32.2. The quantitative estimate of drug-likeness (QED) is 0.817. The number of nitrogens with zero attached hydrogens (tertiary/aromatic N) is 2. The zero-order valence-corrected chi connectivity index (χ0v) is 13.0. The Kier molecular flexibility index (Phi) is 3.77. The van der Waals surface area contributed by atoms with E-state index in [-0.39, 0.29) is 11.1 Å². The number of ether oxygens (including phenoxy) is 1. The average molecular weight is 314 g/mol. The van der Waals surface area contributed by atoms with Gasteiger partial charge in [0, 0.05) is 24.6 Å². The molecule has 1 fully saturated rings. The largest absolute Gasteiger partial charge is 0.497 e. The molecule has 2 heterocycles. The van der Waals surface area contributed by atoms with Crippen molar-refractivity contribution in [3.05, 3.63) is 53.2 Å². The van der Waals surface area contributed by atoms with Crippen LogP contribution >= 0.6 is 11.8 Å². The van der Waals surface area contributed by atoms with Crippen LogP contribution in [-0.2, 0) is 4.79 Å². The molecular formula is C16H14N2O3S. The summed E-state index contributed by atoms with van der Waals surface area (Å²) >= 11 is 0.955. The molecule has 112 valence electrons. The zero-order valence-electron chi connectivity index (χ0n) is 12.1. The topological polar surface area (TPSA) is 51.5 Å². The van der Waals surface area contributed by atoms with Crippen LogP contribution < -0.4 is 4.74 Å². The Morgan fingerprint density at radius 1 is 1.14 bits per heavy atom. The molecule has 2 aromatic rings. The number of carbonyl (C=O) groups is 2. The molecule has 5 nitrogen and oxygen atoms in total. The zero-order chi connectivity index (χ0) is 15.7. The van der Waals surface area contributed by atoms with Gasteiger partial charge < -0.3 is 9.30 Å². The summed E-state index contributed by atoms with van der Waals surface area (Å²) < 4.78 is 7.10. The number of hydrogen-bond donors (Lipinski definition) is 0. The van der Waals surface area contributed by atoms with Crippen LogP contribution in [0.5, 0.6) is 5.75 Å². The van der Waals surface area contributed by atoms with Crippen LogP contribution in [0.4, 0.5) is 4.79 Å². The van der Waals surface area contributed by atoms with Crippen LogP contribution in [-0.4, -0.2) is 34.8 Å². The van der Waals surface area contributed by atoms with E-state index in [1.54, 1.807) is 13.2 Å². The molecule has 3 rings (SSSR count). The minimum atomic E-state index is -0.266. The van der Waals surface area contributed by atoms with Gasteiger partial charge in [-0.3, -0.25) is 14.5 Å². The van der Waals surface area contributed by atoms with Crippen molar-refractivity contribution < 1.29 is 14.3 Å². The van der Waals surface area contributed by atoms with Gasteiger partial charge >= 0.3 is 0 Å². The lowest BCUT2D eigenvalue weighted by Gasteiger charge is -2.08. The van der Waals surface area contributed by atoms with E-state index in [2.05, 4.69) is 0 Å². The highest BCUT2D eigenvalue weighted by Gasteiger charge is 2.31. The standard InChI is InChI=1S/C16H14N2O3S/c1-17-15(19)14(22-16(17)20)10-12-4-3-9-18(12)11-5-7-13(21-2)8-6-11/h3-10H,1-2H3/b14-10+. The molecule has 1 saturated heterocycles. The van der Waals surface area contributed by atoms with Crippen LogP contribution in [0.1, 0.15) is 5.69 Å². The Labute approximate surface area is 132 Å². The SMILES string of the molecule is COc1ccc(-n2cccc2/C=C2/SC(=O)N(C)C2=O)cc1. The van der Waals surface area contributed by atoms with Crippen LogP contribution in [0.25, 0.3) is 11.8 Å². The first-order chi connectivity index (χ1) is 10.6. The lowest BCUT2D eigenvalue weighted by atomic mass is 10.3. The summed E-state index contributed by atoms with van der Waals surface area (Å²) in [7, 11) is 3.11. The number of likely N-dealkylation sites (N-methyl/N-ethyl adjacent to an activating group) is 1. The number of thioether (sulfide) groups is 1. The summed E-state index contributed by atoms with van der Waals surface area (Å²) in [5, 5.41) is -0.251. The molecule has 1 aromatic heterocycles. The number of rotatable bonds is 3. The second-order valence-electron chi connectivity index (χ2n) is 4.74. The number of hydrogen-bond acceptors (Lipinski definition) is 4. The van der Waals surface area contributed by atoms with E-state index in [9.17, 15) is 9.59 Å². The number of benzene rings is 1. The summed E-state index contributed by atoms with van der Waals surface area (Å²) in [6, 6.07) is 11.4. The molecule has 2 amide bonds. The fourth-order valence-corrected chi connectivity index (χ4v) is 2.98. The van der Waals surface area contributed by atoms with Gasteiger partial charge in [0.2, 0.25) is 0 Å². The van der Waals surface area contributed by atoms with Crippen LogP contribution in [0, 0.1) is 0 Å². The molecule has 0 radical (unpaired) electrons. The predicted molar refractivity (Wildman–Crippen MR) is 86.1 cm³/mol. The third-order valence-electron chi connectivity index (χ3n) is 3.40. The predicted octanol–water partition coefficient (Wildman–Crippen LogP) is 3.15. The Bertz CT molecular complexity index is 762. The lowest BCUT2D eigenvalue weighted by molar-refractivity contribution is -0.121. The first-order valence-corrected chi connectivity index (χ1v) is 7.45. The number of imide groups is 1. The van der Waals surface area contributed by atoms with Gasteiger partial charge in [-0.1, -0.05) is 0 Å². The Morgan fingerprint density at radius 3 is 2.45 bits per heavy atom. The van der Waals surface area contributed by atoms with E-state index in [1.807, 2.05) is 47.2 Å². The maximum Gasteiger partial charge on any atom is 0.293 e. The molecule has 0 bridgehead atoms. The molecule has 6 heteroatoms. The van der Waals surface area contributed by atoms with Crippen LogP contribution in [0.2, 0.25) is 0 Å². The van der Waals surface area contributed by atoms with E-state index in [1.165, 1.54) is 7.05 Å². The van der Waals surface area contributed by atoms with Gasteiger partial charge in [0.15, 0.2) is 0 Å². The molecule has 0 spiro atoms. The van der Waals surface area contributed by atoms with Crippen molar-refractivity contribution in [2.24, 2.45) is 0 Å². The monoisotopic (exact) mass is 314 g/mol. The van der Waals surface area contributed by atoms with Crippen LogP contribution in [0.15, 0.2) is 47.5 Å². The normalized spacial score (nSPS) is 16.6. The molecule has 1 aliphatic rings. The minimum Gasteiger partial charge on any atom is -0.497 e. The summed E-state index contributed by atoms with van der Waals surface area (Å²) in [5.41, 5.74) is 1.79. The van der Waals surface area contributed by atoms with Gasteiger partial charge in [0.1, 0.15) is 5.75 Å². The molecule has 0 N–H and O–H groups in total. The minimum absolute atomic E-state index is 0.251. The van der Waals surface area contributed by atoms with Gasteiger partial charge in [0.05, 0.1) is 12.0 Å². The van der Waals surface area contributed by atoms with Gasteiger partial charge in [-0.25, -0.2) is 0 Å². The fraction of sp³-hybridized carbons (Fsp3) is 0.125. The van der Waals surface area contributed by atoms with E-state index in [4.69, 9.17) is 4.74 Å². The summed E-state index contributed by atoms with van der Waals surface area (Å²) in [6.45, 7) is 0. The first-order valence-electron chi connectivity index (χ1n) is 6.63. The maximum absolute atomic E-state index is 12.0. The van der Waals surface area contributed by atoms with E-state index < -0.39 is 0 Å². The highest BCUT2D eigenvalue weighted by Crippen LogP contribution is 2.31. The fourth-order valence-electron chi connectivity index (χ4n) is 2.17. The van der Waals surface area contributed by atoms with E-state index in [0.717, 1.165) is 33.8 Å². The average Bonchev–Trinajstić information content (AvgIpc) is 3.09. The Hall–Kier alpha value is -2.47. The molecule has 1 aromatic carbocycles. The second kappa shape index (κ2) is 5.73. The molecule has 1 aliphatic heterocycles. The van der Waals surface area contributed by atoms with Gasteiger partial charge in [0.25, 0.3) is 11.1 Å². The van der Waals surface area contributed by atoms with Crippen molar-refractivity contribution in [3.63, 3.8) is 0 Å². The molecular weight excluding hydrogens is 300 g/mol. The highest BCUT2D eigenvalue weighted by molar-refractivity contribution is 8.18. The number of amides is 2. The molecule has 0 unspecified atom stereocenters. The van der Waals surface area contributed by atoms with Gasteiger partial charge in [-0.2, -0.15) is 0 Å². The van der Waals surface area contributed by atoms with Crippen molar-refractivity contribution in [2.45, 2.75) is 0 Å². The van der Waals surface area contributed by atoms with E-state index in [0.29, 0.717) is 4.91 Å². The summed E-state index contributed by atoms with van der Waals surface area (Å²) in [5.74, 6) is 0.516. The third-order valence-corrected chi connectivity index (χ3v) is 4.36. The van der Waals surface area contributed by atoms with Crippen LogP contribution in [0.3, 0.4) is 0 Å². The Morgan fingerprint density at radius 2 is 1.86 bits per heavy atom. The molecule has 22 heavy (non-hydrogen) atoms.